The van der Waals surface area contributed by atoms with Gasteiger partial charge in [-0.1, -0.05) is 17.3 Å². The summed E-state index contributed by atoms with van der Waals surface area (Å²) in [5.41, 5.74) is -1.58. The van der Waals surface area contributed by atoms with E-state index in [4.69, 9.17) is 4.52 Å². The summed E-state index contributed by atoms with van der Waals surface area (Å²) in [5.74, 6) is -2.33. The van der Waals surface area contributed by atoms with E-state index in [1.807, 2.05) is 12.3 Å². The number of hydrogen-bond acceptors (Lipinski definition) is 10. The number of aliphatic carboxylic acids is 1. The summed E-state index contributed by atoms with van der Waals surface area (Å²) in [6, 6.07) is 4.67. The van der Waals surface area contributed by atoms with Gasteiger partial charge in [0.1, 0.15) is 16.9 Å². The fourth-order valence-electron chi connectivity index (χ4n) is 4.19. The van der Waals surface area contributed by atoms with Crippen molar-refractivity contribution in [3.8, 4) is 0 Å². The van der Waals surface area contributed by atoms with Gasteiger partial charge in [-0.05, 0) is 58.0 Å². The maximum Gasteiger partial charge on any atom is 0.345 e. The van der Waals surface area contributed by atoms with Gasteiger partial charge in [0.05, 0.1) is 11.7 Å². The summed E-state index contributed by atoms with van der Waals surface area (Å²) in [6.07, 6.45) is 5.74. The van der Waals surface area contributed by atoms with Crippen LogP contribution in [0.3, 0.4) is 0 Å². The van der Waals surface area contributed by atoms with Crippen molar-refractivity contribution in [1.29, 1.82) is 0 Å². The van der Waals surface area contributed by atoms with Gasteiger partial charge < -0.3 is 20.3 Å². The first kappa shape index (κ1) is 27.3. The predicted molar refractivity (Wildman–Crippen MR) is 136 cm³/mol. The van der Waals surface area contributed by atoms with Crippen molar-refractivity contribution in [2.75, 3.05) is 13.1 Å². The SMILES string of the molecule is Cc1noc(C)c1S(=O)(=O)NC(CCCCNC1NC=CCN1)(NC(=O)c1ccc2cn[nH]c2c1)C(=O)O. The Morgan fingerprint density at radius 2 is 2.08 bits per heavy atom. The number of fused-ring (bicyclic) bond motifs is 1. The molecule has 0 aliphatic carbocycles. The lowest BCUT2D eigenvalue weighted by atomic mass is 10.0. The summed E-state index contributed by atoms with van der Waals surface area (Å²) >= 11 is 0. The van der Waals surface area contributed by atoms with Crippen LogP contribution in [0.1, 0.15) is 41.1 Å². The average molecular weight is 547 g/mol. The van der Waals surface area contributed by atoms with E-state index in [0.717, 1.165) is 5.39 Å². The Morgan fingerprint density at radius 1 is 1.26 bits per heavy atom. The van der Waals surface area contributed by atoms with Crippen LogP contribution >= 0.6 is 0 Å². The van der Waals surface area contributed by atoms with Gasteiger partial charge in [0.2, 0.25) is 15.7 Å². The molecule has 1 amide bonds. The van der Waals surface area contributed by atoms with Crippen molar-refractivity contribution in [3.63, 3.8) is 0 Å². The van der Waals surface area contributed by atoms with Gasteiger partial charge in [-0.2, -0.15) is 9.82 Å². The molecule has 0 saturated carbocycles. The van der Waals surface area contributed by atoms with Crippen LogP contribution in [0.4, 0.5) is 0 Å². The minimum Gasteiger partial charge on any atom is -0.478 e. The minimum absolute atomic E-state index is 0.00366. The molecule has 4 rings (SSSR count). The van der Waals surface area contributed by atoms with E-state index in [1.165, 1.54) is 26.0 Å². The van der Waals surface area contributed by atoms with Crippen molar-refractivity contribution in [2.45, 2.75) is 50.0 Å². The fourth-order valence-corrected chi connectivity index (χ4v) is 5.83. The monoisotopic (exact) mass is 546 g/mol. The number of carboxylic acid groups (broad SMARTS) is 1. The van der Waals surface area contributed by atoms with E-state index in [1.54, 1.807) is 12.3 Å². The highest BCUT2D eigenvalue weighted by molar-refractivity contribution is 7.89. The second-order valence-corrected chi connectivity index (χ2v) is 10.5. The Labute approximate surface area is 218 Å². The number of carbonyl (C=O) groups is 2. The molecule has 38 heavy (non-hydrogen) atoms. The maximum atomic E-state index is 13.3. The molecule has 3 aromatic rings. The second kappa shape index (κ2) is 11.3. The summed E-state index contributed by atoms with van der Waals surface area (Å²) in [7, 11) is -4.46. The van der Waals surface area contributed by atoms with Crippen LogP contribution in [0, 0.1) is 13.8 Å². The second-order valence-electron chi connectivity index (χ2n) is 8.92. The number of carboxylic acids is 1. The number of rotatable bonds is 12. The predicted octanol–water partition coefficient (Wildman–Crippen LogP) is 0.407. The number of aromatic amines is 1. The van der Waals surface area contributed by atoms with E-state index in [-0.39, 0.29) is 41.0 Å². The van der Waals surface area contributed by atoms with Gasteiger partial charge in [0, 0.05) is 17.5 Å². The highest BCUT2D eigenvalue weighted by Gasteiger charge is 2.45. The van der Waals surface area contributed by atoms with E-state index >= 15 is 0 Å². The zero-order valence-corrected chi connectivity index (χ0v) is 21.7. The fraction of sp³-hybridized carbons (Fsp3) is 0.391. The van der Waals surface area contributed by atoms with Gasteiger partial charge in [0.15, 0.2) is 5.76 Å². The Morgan fingerprint density at radius 3 is 2.76 bits per heavy atom. The molecule has 0 spiro atoms. The molecule has 0 radical (unpaired) electrons. The number of carbonyl (C=O) groups excluding carboxylic acids is 1. The highest BCUT2D eigenvalue weighted by Crippen LogP contribution is 2.23. The number of unbranched alkanes of at least 4 members (excludes halogenated alkanes) is 1. The van der Waals surface area contributed by atoms with Crippen LogP contribution in [-0.4, -0.2) is 65.8 Å². The van der Waals surface area contributed by atoms with Crippen molar-refractivity contribution >= 4 is 32.8 Å². The number of hydrogen-bond donors (Lipinski definition) is 7. The zero-order valence-electron chi connectivity index (χ0n) is 20.9. The molecule has 7 N–H and O–H groups in total. The lowest BCUT2D eigenvalue weighted by molar-refractivity contribution is -0.145. The molecule has 15 heteroatoms. The molecule has 0 saturated heterocycles. The number of benzene rings is 1. The van der Waals surface area contributed by atoms with Gasteiger partial charge in [-0.3, -0.25) is 20.5 Å². The number of H-pyrrole nitrogens is 1. The van der Waals surface area contributed by atoms with Gasteiger partial charge in [0.25, 0.3) is 5.91 Å². The van der Waals surface area contributed by atoms with E-state index in [9.17, 15) is 23.1 Å². The summed E-state index contributed by atoms with van der Waals surface area (Å²) in [6.45, 7) is 4.05. The minimum atomic E-state index is -4.46. The first-order valence-corrected chi connectivity index (χ1v) is 13.4. The Balaban J connectivity index is 1.56. The third-order valence-corrected chi connectivity index (χ3v) is 7.83. The molecule has 14 nitrogen and oxygen atoms in total. The van der Waals surface area contributed by atoms with Crippen LogP contribution < -0.4 is 26.0 Å². The number of nitrogens with zero attached hydrogens (tertiary/aromatic N) is 2. The third-order valence-electron chi connectivity index (χ3n) is 6.09. The lowest BCUT2D eigenvalue weighted by Crippen LogP contribution is -2.65. The molecule has 2 aromatic heterocycles. The van der Waals surface area contributed by atoms with Gasteiger partial charge >= 0.3 is 5.97 Å². The number of aromatic nitrogens is 3. The molecule has 3 heterocycles. The molecule has 1 aliphatic heterocycles. The number of sulfonamides is 1. The van der Waals surface area contributed by atoms with Crippen molar-refractivity contribution < 1.29 is 27.6 Å². The molecule has 2 atom stereocenters. The largest absolute Gasteiger partial charge is 0.478 e. The van der Waals surface area contributed by atoms with Crippen molar-refractivity contribution in [1.82, 2.24) is 41.3 Å². The maximum absolute atomic E-state index is 13.3. The molecule has 2 unspecified atom stereocenters. The number of amides is 1. The molecular formula is C23H30N8O6S. The van der Waals surface area contributed by atoms with E-state index in [0.29, 0.717) is 25.0 Å². The standard InChI is InChI=1S/C23H30N8O6S/c1-14-19(15(2)37-30-14)38(35,36)31-23(21(33)34,8-3-4-9-24-22-25-10-5-11-26-22)28-20(32)16-6-7-17-13-27-29-18(17)12-16/h5-7,10,12-13,22,24-26,31H,3-4,8-9,11H2,1-2H3,(H,27,29)(H,28,32)(H,33,34). The molecular weight excluding hydrogens is 516 g/mol. The number of aryl methyl sites for hydroxylation is 2. The summed E-state index contributed by atoms with van der Waals surface area (Å²) in [4.78, 5) is 25.6. The van der Waals surface area contributed by atoms with Gasteiger partial charge in [-0.25, -0.2) is 13.2 Å². The average Bonchev–Trinajstić information content (AvgIpc) is 3.49. The smallest absolute Gasteiger partial charge is 0.345 e. The zero-order chi connectivity index (χ0) is 27.3. The van der Waals surface area contributed by atoms with Crippen LogP contribution in [0.5, 0.6) is 0 Å². The molecule has 0 fully saturated rings. The number of nitrogens with one attached hydrogen (secondary N) is 6. The highest BCUT2D eigenvalue weighted by atomic mass is 32.2. The third kappa shape index (κ3) is 6.02. The van der Waals surface area contributed by atoms with Gasteiger partial charge in [-0.15, -0.1) is 0 Å². The Hall–Kier alpha value is -3.79. The van der Waals surface area contributed by atoms with Crippen molar-refractivity contribution in [2.24, 2.45) is 0 Å². The molecule has 204 valence electrons. The normalized spacial score (nSPS) is 17.2. The van der Waals surface area contributed by atoms with E-state index in [2.05, 4.69) is 41.3 Å². The summed E-state index contributed by atoms with van der Waals surface area (Å²) in [5, 5.41) is 33.3. The molecule has 1 aromatic carbocycles. The Kier molecular flexibility index (Phi) is 8.11. The summed E-state index contributed by atoms with van der Waals surface area (Å²) < 4.78 is 33.9. The first-order chi connectivity index (χ1) is 18.1. The molecule has 0 bridgehead atoms. The van der Waals surface area contributed by atoms with Crippen LogP contribution in [-0.2, 0) is 14.8 Å². The quantitative estimate of drug-likeness (QED) is 0.122. The van der Waals surface area contributed by atoms with Crippen LogP contribution in [0.25, 0.3) is 10.9 Å². The lowest BCUT2D eigenvalue weighted by Gasteiger charge is -2.31. The van der Waals surface area contributed by atoms with Crippen molar-refractivity contribution in [3.05, 3.63) is 53.7 Å². The first-order valence-electron chi connectivity index (χ1n) is 11.9. The topological polar surface area (TPSA) is 203 Å². The van der Waals surface area contributed by atoms with E-state index < -0.39 is 27.6 Å². The molecule has 1 aliphatic rings. The Bertz CT molecular complexity index is 1430. The van der Waals surface area contributed by atoms with Crippen LogP contribution in [0.2, 0.25) is 0 Å². The van der Waals surface area contributed by atoms with Crippen LogP contribution in [0.15, 0.2) is 46.1 Å².